The maximum absolute atomic E-state index is 11.7. The van der Waals surface area contributed by atoms with Crippen LogP contribution in [0.5, 0.6) is 0 Å². The minimum Gasteiger partial charge on any atom is -0.466 e. The Bertz CT molecular complexity index is 369. The number of carbonyl (C=O) groups excluding carboxylic acids is 2. The van der Waals surface area contributed by atoms with Crippen molar-refractivity contribution in [2.45, 2.75) is 65.0 Å². The zero-order valence-corrected chi connectivity index (χ0v) is 12.9. The average molecular weight is 281 g/mol. The van der Waals surface area contributed by atoms with Gasteiger partial charge in [-0.15, -0.1) is 0 Å². The van der Waals surface area contributed by atoms with E-state index < -0.39 is 6.04 Å². The molecule has 2 rings (SSSR count). The van der Waals surface area contributed by atoms with Crippen molar-refractivity contribution in [2.75, 3.05) is 6.61 Å². The zero-order valence-electron chi connectivity index (χ0n) is 12.9. The molecule has 0 heterocycles. The van der Waals surface area contributed by atoms with E-state index in [1.54, 1.807) is 13.8 Å². The van der Waals surface area contributed by atoms with Crippen LogP contribution in [-0.4, -0.2) is 30.4 Å². The first-order valence-corrected chi connectivity index (χ1v) is 7.93. The molecule has 0 saturated heterocycles. The summed E-state index contributed by atoms with van der Waals surface area (Å²) >= 11 is 0. The van der Waals surface area contributed by atoms with E-state index in [1.165, 1.54) is 25.7 Å². The first-order chi connectivity index (χ1) is 9.51. The number of hydrogen-bond donors (Lipinski definition) is 1. The third kappa shape index (κ3) is 3.60. The lowest BCUT2D eigenvalue weighted by atomic mass is 9.83. The second-order valence-electron chi connectivity index (χ2n) is 6.47. The van der Waals surface area contributed by atoms with Gasteiger partial charge in [-0.1, -0.05) is 6.42 Å². The van der Waals surface area contributed by atoms with Crippen LogP contribution >= 0.6 is 0 Å². The summed E-state index contributed by atoms with van der Waals surface area (Å²) in [6, 6.07) is -0.100. The number of nitrogens with one attached hydrogen (secondary N) is 1. The highest BCUT2D eigenvalue weighted by Crippen LogP contribution is 2.49. The summed E-state index contributed by atoms with van der Waals surface area (Å²) in [5, 5.41) is 3.38. The van der Waals surface area contributed by atoms with E-state index in [2.05, 4.69) is 12.2 Å². The van der Waals surface area contributed by atoms with Gasteiger partial charge in [-0.2, -0.15) is 0 Å². The molecule has 4 heteroatoms. The summed E-state index contributed by atoms with van der Waals surface area (Å²) in [6.45, 7) is 5.86. The molecular formula is C16H27NO3. The van der Waals surface area contributed by atoms with Crippen LogP contribution in [0.3, 0.4) is 0 Å². The molecule has 0 radical (unpaired) electrons. The van der Waals surface area contributed by atoms with Crippen LogP contribution < -0.4 is 5.32 Å². The second kappa shape index (κ2) is 6.70. The van der Waals surface area contributed by atoms with Gasteiger partial charge in [-0.3, -0.25) is 9.59 Å². The Hall–Kier alpha value is -0.900. The van der Waals surface area contributed by atoms with Crippen molar-refractivity contribution in [2.24, 2.45) is 17.8 Å². The quantitative estimate of drug-likeness (QED) is 0.728. The fourth-order valence-corrected chi connectivity index (χ4v) is 4.05. The predicted molar refractivity (Wildman–Crippen MR) is 77.3 cm³/mol. The topological polar surface area (TPSA) is 55.4 Å². The van der Waals surface area contributed by atoms with E-state index in [1.807, 2.05) is 0 Å². The molecule has 0 aromatic heterocycles. The summed E-state index contributed by atoms with van der Waals surface area (Å²) < 4.78 is 4.95. The predicted octanol–water partition coefficient (Wildman–Crippen LogP) is 2.31. The van der Waals surface area contributed by atoms with Gasteiger partial charge in [0.25, 0.3) is 0 Å². The number of rotatable bonds is 7. The molecule has 0 amide bonds. The SMILES string of the molecule is CCOC(=O)CC(NC(C)C1CC2CCC1C2)C(C)=O. The number of ketones is 1. The average Bonchev–Trinajstić information content (AvgIpc) is 3.00. The van der Waals surface area contributed by atoms with Gasteiger partial charge in [0.05, 0.1) is 19.1 Å². The number of Topliss-reactive ketones (excluding diaryl/α,β-unsaturated/α-hetero) is 1. The van der Waals surface area contributed by atoms with Gasteiger partial charge in [0.2, 0.25) is 0 Å². The molecule has 5 atom stereocenters. The number of fused-ring (bicyclic) bond motifs is 2. The molecule has 1 N–H and O–H groups in total. The monoisotopic (exact) mass is 281 g/mol. The van der Waals surface area contributed by atoms with Crippen molar-refractivity contribution in [3.8, 4) is 0 Å². The highest BCUT2D eigenvalue weighted by Gasteiger charge is 2.42. The van der Waals surface area contributed by atoms with Crippen molar-refractivity contribution in [1.82, 2.24) is 5.32 Å². The fourth-order valence-electron chi connectivity index (χ4n) is 4.05. The molecule has 2 bridgehead atoms. The highest BCUT2D eigenvalue weighted by molar-refractivity contribution is 5.86. The van der Waals surface area contributed by atoms with Crippen molar-refractivity contribution in [1.29, 1.82) is 0 Å². The van der Waals surface area contributed by atoms with E-state index in [9.17, 15) is 9.59 Å². The summed E-state index contributed by atoms with van der Waals surface area (Å²) in [7, 11) is 0. The molecule has 2 fully saturated rings. The molecule has 0 spiro atoms. The molecule has 2 aliphatic rings. The highest BCUT2D eigenvalue weighted by atomic mass is 16.5. The van der Waals surface area contributed by atoms with Gasteiger partial charge in [0, 0.05) is 6.04 Å². The molecule has 20 heavy (non-hydrogen) atoms. The Morgan fingerprint density at radius 2 is 2.05 bits per heavy atom. The molecule has 0 aromatic carbocycles. The van der Waals surface area contributed by atoms with Crippen molar-refractivity contribution in [3.05, 3.63) is 0 Å². The minimum atomic E-state index is -0.400. The van der Waals surface area contributed by atoms with Gasteiger partial charge >= 0.3 is 5.97 Å². The number of carbonyl (C=O) groups is 2. The Balaban J connectivity index is 1.87. The van der Waals surface area contributed by atoms with Gasteiger partial charge in [0.1, 0.15) is 5.78 Å². The Morgan fingerprint density at radius 3 is 2.55 bits per heavy atom. The maximum atomic E-state index is 11.7. The van der Waals surface area contributed by atoms with Crippen LogP contribution in [-0.2, 0) is 14.3 Å². The van der Waals surface area contributed by atoms with E-state index >= 15 is 0 Å². The first-order valence-electron chi connectivity index (χ1n) is 7.93. The third-order valence-corrected chi connectivity index (χ3v) is 5.07. The van der Waals surface area contributed by atoms with Crippen LogP contribution in [0.25, 0.3) is 0 Å². The van der Waals surface area contributed by atoms with Crippen LogP contribution in [0.15, 0.2) is 0 Å². The molecule has 2 saturated carbocycles. The van der Waals surface area contributed by atoms with Crippen LogP contribution in [0, 0.1) is 17.8 Å². The van der Waals surface area contributed by atoms with Gasteiger partial charge in [-0.25, -0.2) is 0 Å². The standard InChI is InChI=1S/C16H27NO3/c1-4-20-16(19)9-15(11(3)18)17-10(2)14-8-12-5-6-13(14)7-12/h10,12-15,17H,4-9H2,1-3H3. The molecule has 4 nitrogen and oxygen atoms in total. The second-order valence-corrected chi connectivity index (χ2v) is 6.47. The zero-order chi connectivity index (χ0) is 14.7. The molecule has 2 aliphatic carbocycles. The van der Waals surface area contributed by atoms with Crippen molar-refractivity contribution < 1.29 is 14.3 Å². The smallest absolute Gasteiger partial charge is 0.307 e. The largest absolute Gasteiger partial charge is 0.466 e. The first kappa shape index (κ1) is 15.5. The van der Waals surface area contributed by atoms with E-state index in [0.717, 1.165) is 11.8 Å². The van der Waals surface area contributed by atoms with Crippen LogP contribution in [0.4, 0.5) is 0 Å². The minimum absolute atomic E-state index is 0.0214. The summed E-state index contributed by atoms with van der Waals surface area (Å²) in [5.41, 5.74) is 0. The Kier molecular flexibility index (Phi) is 5.19. The normalized spacial score (nSPS) is 31.1. The maximum Gasteiger partial charge on any atom is 0.307 e. The van der Waals surface area contributed by atoms with Crippen LogP contribution in [0.1, 0.15) is 52.9 Å². The lowest BCUT2D eigenvalue weighted by Crippen LogP contribution is -2.46. The number of hydrogen-bond acceptors (Lipinski definition) is 4. The lowest BCUT2D eigenvalue weighted by Gasteiger charge is -2.31. The number of ether oxygens (including phenoxy) is 1. The molecule has 0 aromatic rings. The molecule has 114 valence electrons. The summed E-state index contributed by atoms with van der Waals surface area (Å²) in [5.74, 6) is 2.11. The van der Waals surface area contributed by atoms with E-state index in [4.69, 9.17) is 4.74 Å². The van der Waals surface area contributed by atoms with Gasteiger partial charge < -0.3 is 10.1 Å². The fraction of sp³-hybridized carbons (Fsp3) is 0.875. The Morgan fingerprint density at radius 1 is 1.30 bits per heavy atom. The molecule has 0 aliphatic heterocycles. The molecule has 5 unspecified atom stereocenters. The lowest BCUT2D eigenvalue weighted by molar-refractivity contribution is -0.145. The van der Waals surface area contributed by atoms with Gasteiger partial charge in [0.15, 0.2) is 0 Å². The van der Waals surface area contributed by atoms with Gasteiger partial charge in [-0.05, 0) is 57.8 Å². The third-order valence-electron chi connectivity index (χ3n) is 5.07. The Labute approximate surface area is 121 Å². The van der Waals surface area contributed by atoms with Crippen molar-refractivity contribution >= 4 is 11.8 Å². The van der Waals surface area contributed by atoms with E-state index in [0.29, 0.717) is 18.6 Å². The molecular weight excluding hydrogens is 254 g/mol. The summed E-state index contributed by atoms with van der Waals surface area (Å²) in [6.07, 6.45) is 5.51. The number of esters is 1. The van der Waals surface area contributed by atoms with Crippen LogP contribution in [0.2, 0.25) is 0 Å². The van der Waals surface area contributed by atoms with Crippen molar-refractivity contribution in [3.63, 3.8) is 0 Å². The summed E-state index contributed by atoms with van der Waals surface area (Å²) in [4.78, 5) is 23.3. The van der Waals surface area contributed by atoms with E-state index in [-0.39, 0.29) is 18.2 Å².